The molecule has 1 N–H and O–H groups in total. The van der Waals surface area contributed by atoms with E-state index in [-0.39, 0.29) is 11.8 Å². The van der Waals surface area contributed by atoms with Gasteiger partial charge < -0.3 is 10.1 Å². The summed E-state index contributed by atoms with van der Waals surface area (Å²) in [5, 5.41) is 5.64. The van der Waals surface area contributed by atoms with Gasteiger partial charge in [0.25, 0.3) is 0 Å². The summed E-state index contributed by atoms with van der Waals surface area (Å²) in [7, 11) is 0. The molecule has 1 fully saturated rings. The molecule has 2 heterocycles. The van der Waals surface area contributed by atoms with Crippen molar-refractivity contribution in [3.05, 3.63) is 34.7 Å². The lowest BCUT2D eigenvalue weighted by atomic mass is 10.0. The van der Waals surface area contributed by atoms with Gasteiger partial charge in [0.15, 0.2) is 5.13 Å². The zero-order chi connectivity index (χ0) is 15.6. The third-order valence-corrected chi connectivity index (χ3v) is 5.42. The highest BCUT2D eigenvalue weighted by Gasteiger charge is 2.22. The monoisotopic (exact) mass is 328 g/mol. The Hall–Kier alpha value is -1.72. The third-order valence-electron chi connectivity index (χ3n) is 4.66. The number of benzene rings is 1. The van der Waals surface area contributed by atoms with Crippen LogP contribution in [0.15, 0.2) is 23.6 Å². The molecule has 1 amide bonds. The standard InChI is InChI=1S/C18H20N2O2S/c21-17(15-5-2-8-22-10-15)20-18-19-16(11-23-18)14-7-6-12-3-1-4-13(12)9-14/h6-7,9,11,15H,1-5,8,10H2,(H,19,20,21). The van der Waals surface area contributed by atoms with Crippen molar-refractivity contribution in [2.24, 2.45) is 5.92 Å². The quantitative estimate of drug-likeness (QED) is 0.935. The molecule has 0 spiro atoms. The maximum Gasteiger partial charge on any atom is 0.231 e. The van der Waals surface area contributed by atoms with Crippen molar-refractivity contribution in [3.63, 3.8) is 0 Å². The lowest BCUT2D eigenvalue weighted by Gasteiger charge is -2.20. The molecule has 1 aliphatic heterocycles. The van der Waals surface area contributed by atoms with Gasteiger partial charge in [-0.1, -0.05) is 12.1 Å². The molecule has 1 aromatic carbocycles. The largest absolute Gasteiger partial charge is 0.381 e. The number of rotatable bonds is 3. The van der Waals surface area contributed by atoms with E-state index in [4.69, 9.17) is 4.74 Å². The van der Waals surface area contributed by atoms with E-state index in [0.29, 0.717) is 11.7 Å². The summed E-state index contributed by atoms with van der Waals surface area (Å²) in [6.45, 7) is 1.29. The Morgan fingerprint density at radius 3 is 3.04 bits per heavy atom. The Bertz CT molecular complexity index is 720. The number of hydrogen-bond acceptors (Lipinski definition) is 4. The van der Waals surface area contributed by atoms with Crippen molar-refractivity contribution in [2.75, 3.05) is 18.5 Å². The van der Waals surface area contributed by atoms with Crippen LogP contribution in [0.1, 0.15) is 30.4 Å². The highest BCUT2D eigenvalue weighted by atomic mass is 32.1. The van der Waals surface area contributed by atoms with Gasteiger partial charge in [-0.2, -0.15) is 0 Å². The van der Waals surface area contributed by atoms with Crippen molar-refractivity contribution < 1.29 is 9.53 Å². The lowest BCUT2D eigenvalue weighted by molar-refractivity contribution is -0.123. The van der Waals surface area contributed by atoms with Crippen molar-refractivity contribution in [1.29, 1.82) is 0 Å². The van der Waals surface area contributed by atoms with Gasteiger partial charge in [0, 0.05) is 17.6 Å². The Morgan fingerprint density at radius 1 is 1.26 bits per heavy atom. The van der Waals surface area contributed by atoms with Crippen molar-refractivity contribution >= 4 is 22.4 Å². The highest BCUT2D eigenvalue weighted by molar-refractivity contribution is 7.14. The average molecular weight is 328 g/mol. The van der Waals surface area contributed by atoms with E-state index in [1.165, 1.54) is 41.7 Å². The predicted molar refractivity (Wildman–Crippen MR) is 91.7 cm³/mol. The lowest BCUT2D eigenvalue weighted by Crippen LogP contribution is -2.30. The van der Waals surface area contributed by atoms with Gasteiger partial charge in [0.1, 0.15) is 0 Å². The van der Waals surface area contributed by atoms with Crippen molar-refractivity contribution in [2.45, 2.75) is 32.1 Å². The highest BCUT2D eigenvalue weighted by Crippen LogP contribution is 2.30. The molecule has 2 aliphatic rings. The predicted octanol–water partition coefficient (Wildman–Crippen LogP) is 3.66. The second-order valence-electron chi connectivity index (χ2n) is 6.28. The van der Waals surface area contributed by atoms with Crippen LogP contribution in [0.3, 0.4) is 0 Å². The summed E-state index contributed by atoms with van der Waals surface area (Å²) < 4.78 is 5.38. The number of nitrogens with zero attached hydrogens (tertiary/aromatic N) is 1. The number of aryl methyl sites for hydroxylation is 2. The van der Waals surface area contributed by atoms with Gasteiger partial charge in [-0.15, -0.1) is 11.3 Å². The minimum atomic E-state index is -0.0453. The molecule has 0 saturated carbocycles. The first-order valence-electron chi connectivity index (χ1n) is 8.26. The molecule has 5 heteroatoms. The average Bonchev–Trinajstić information content (AvgIpc) is 3.23. The van der Waals surface area contributed by atoms with Gasteiger partial charge >= 0.3 is 0 Å². The molecule has 1 unspecified atom stereocenters. The molecule has 0 radical (unpaired) electrons. The topological polar surface area (TPSA) is 51.2 Å². The first kappa shape index (κ1) is 14.8. The van der Waals surface area contributed by atoms with Crippen molar-refractivity contribution in [3.8, 4) is 11.3 Å². The third kappa shape index (κ3) is 3.16. The Kier molecular flexibility index (Phi) is 4.14. The van der Waals surface area contributed by atoms with Crippen LogP contribution in [0, 0.1) is 5.92 Å². The number of amides is 1. The van der Waals surface area contributed by atoms with Crippen LogP contribution in [0.5, 0.6) is 0 Å². The number of aromatic nitrogens is 1. The fourth-order valence-electron chi connectivity index (χ4n) is 3.35. The van der Waals surface area contributed by atoms with Gasteiger partial charge in [0.05, 0.1) is 18.2 Å². The number of anilines is 1. The first-order valence-corrected chi connectivity index (χ1v) is 9.14. The van der Waals surface area contributed by atoms with Crippen LogP contribution < -0.4 is 5.32 Å². The minimum absolute atomic E-state index is 0.0274. The number of thiazole rings is 1. The fraction of sp³-hybridized carbons (Fsp3) is 0.444. The number of fused-ring (bicyclic) bond motifs is 1. The zero-order valence-electron chi connectivity index (χ0n) is 13.0. The molecule has 1 atom stereocenters. The second-order valence-corrected chi connectivity index (χ2v) is 7.14. The molecule has 120 valence electrons. The van der Waals surface area contributed by atoms with Crippen LogP contribution in [0.25, 0.3) is 11.3 Å². The molecule has 4 nitrogen and oxygen atoms in total. The maximum atomic E-state index is 12.2. The van der Waals surface area contributed by atoms with E-state index < -0.39 is 0 Å². The summed E-state index contributed by atoms with van der Waals surface area (Å²) in [4.78, 5) is 16.8. The number of ether oxygens (including phenoxy) is 1. The van der Waals surface area contributed by atoms with E-state index in [1.807, 2.05) is 5.38 Å². The van der Waals surface area contributed by atoms with E-state index in [2.05, 4.69) is 28.5 Å². The Labute approximate surface area is 139 Å². The molecule has 1 aromatic heterocycles. The second kappa shape index (κ2) is 6.42. The van der Waals surface area contributed by atoms with Crippen LogP contribution in [-0.4, -0.2) is 24.1 Å². The Morgan fingerprint density at radius 2 is 2.17 bits per heavy atom. The summed E-state index contributed by atoms with van der Waals surface area (Å²) >= 11 is 1.49. The summed E-state index contributed by atoms with van der Waals surface area (Å²) in [5.74, 6) is -0.0179. The number of hydrogen-bond donors (Lipinski definition) is 1. The van der Waals surface area contributed by atoms with E-state index in [1.54, 1.807) is 0 Å². The first-order chi connectivity index (χ1) is 11.3. The number of nitrogens with one attached hydrogen (secondary N) is 1. The molecule has 1 saturated heterocycles. The molecule has 23 heavy (non-hydrogen) atoms. The summed E-state index contributed by atoms with van der Waals surface area (Å²) in [5.41, 5.74) is 5.00. The normalized spacial score (nSPS) is 20.3. The summed E-state index contributed by atoms with van der Waals surface area (Å²) in [6, 6.07) is 6.60. The van der Waals surface area contributed by atoms with Crippen molar-refractivity contribution in [1.82, 2.24) is 4.98 Å². The molecular weight excluding hydrogens is 308 g/mol. The van der Waals surface area contributed by atoms with Gasteiger partial charge in [-0.05, 0) is 49.3 Å². The summed E-state index contributed by atoms with van der Waals surface area (Å²) in [6.07, 6.45) is 5.46. The van der Waals surface area contributed by atoms with Gasteiger partial charge in [-0.3, -0.25) is 4.79 Å². The van der Waals surface area contributed by atoms with E-state index in [0.717, 1.165) is 30.7 Å². The van der Waals surface area contributed by atoms with Gasteiger partial charge in [0.2, 0.25) is 5.91 Å². The Balaban J connectivity index is 1.47. The minimum Gasteiger partial charge on any atom is -0.381 e. The van der Waals surface area contributed by atoms with Gasteiger partial charge in [-0.25, -0.2) is 4.98 Å². The maximum absolute atomic E-state index is 12.2. The number of carbonyl (C=O) groups excluding carboxylic acids is 1. The van der Waals surface area contributed by atoms with Crippen LogP contribution in [-0.2, 0) is 22.4 Å². The molecule has 0 bridgehead atoms. The number of carbonyl (C=O) groups is 1. The van der Waals surface area contributed by atoms with Crippen LogP contribution >= 0.6 is 11.3 Å². The fourth-order valence-corrected chi connectivity index (χ4v) is 4.07. The molecule has 4 rings (SSSR count). The van der Waals surface area contributed by atoms with Crippen LogP contribution in [0.4, 0.5) is 5.13 Å². The zero-order valence-corrected chi connectivity index (χ0v) is 13.8. The molecular formula is C18H20N2O2S. The van der Waals surface area contributed by atoms with Crippen LogP contribution in [0.2, 0.25) is 0 Å². The molecule has 2 aromatic rings. The van der Waals surface area contributed by atoms with E-state index in [9.17, 15) is 4.79 Å². The SMILES string of the molecule is O=C(Nc1nc(-c2ccc3c(c2)CCC3)cs1)C1CCCOC1. The molecule has 1 aliphatic carbocycles. The smallest absolute Gasteiger partial charge is 0.231 e. The van der Waals surface area contributed by atoms with E-state index >= 15 is 0 Å².